The van der Waals surface area contributed by atoms with E-state index in [-0.39, 0.29) is 5.92 Å². The van der Waals surface area contributed by atoms with Gasteiger partial charge in [0.2, 0.25) is 0 Å². The van der Waals surface area contributed by atoms with Crippen LogP contribution in [0.15, 0.2) is 54.6 Å². The quantitative estimate of drug-likeness (QED) is 0.434. The van der Waals surface area contributed by atoms with E-state index < -0.39 is 35.6 Å². The van der Waals surface area contributed by atoms with Crippen molar-refractivity contribution in [1.29, 1.82) is 0 Å². The number of terminal acetylenes is 1. The topological polar surface area (TPSA) is 97.0 Å². The molecule has 8 nitrogen and oxygen atoms in total. The van der Waals surface area contributed by atoms with Crippen LogP contribution in [-0.4, -0.2) is 41.6 Å². The molecule has 0 aliphatic rings. The van der Waals surface area contributed by atoms with Gasteiger partial charge < -0.3 is 20.1 Å². The lowest BCUT2D eigenvalue weighted by molar-refractivity contribution is -0.137. The van der Waals surface area contributed by atoms with Gasteiger partial charge in [0.1, 0.15) is 23.4 Å². The summed E-state index contributed by atoms with van der Waals surface area (Å²) in [6.45, 7) is 8.71. The van der Waals surface area contributed by atoms with Gasteiger partial charge in [0.15, 0.2) is 0 Å². The van der Waals surface area contributed by atoms with E-state index in [1.807, 2.05) is 0 Å². The highest BCUT2D eigenvalue weighted by molar-refractivity contribution is 5.99. The second-order valence-corrected chi connectivity index (χ2v) is 9.24. The third-order valence-corrected chi connectivity index (χ3v) is 4.96. The van der Waals surface area contributed by atoms with Crippen LogP contribution in [0, 0.1) is 18.4 Å². The Labute approximate surface area is 207 Å². The average Bonchev–Trinajstić information content (AvgIpc) is 2.80. The predicted molar refractivity (Wildman–Crippen MR) is 134 cm³/mol. The summed E-state index contributed by atoms with van der Waals surface area (Å²) in [6.07, 6.45) is 5.02. The average molecular weight is 480 g/mol. The number of carbonyl (C=O) groups excluding carboxylic acids is 3. The molecule has 0 saturated carbocycles. The fourth-order valence-corrected chi connectivity index (χ4v) is 3.30. The van der Waals surface area contributed by atoms with Crippen LogP contribution >= 0.6 is 0 Å². The van der Waals surface area contributed by atoms with E-state index >= 15 is 0 Å². The lowest BCUT2D eigenvalue weighted by Crippen LogP contribution is -2.53. The minimum atomic E-state index is -1.14. The maximum absolute atomic E-state index is 13.6. The number of carbonyl (C=O) groups is 3. The van der Waals surface area contributed by atoms with Crippen LogP contribution in [0.25, 0.3) is 0 Å². The minimum Gasteiger partial charge on any atom is -0.497 e. The van der Waals surface area contributed by atoms with Gasteiger partial charge in [0.05, 0.1) is 7.11 Å². The smallest absolute Gasteiger partial charge is 0.408 e. The zero-order valence-corrected chi connectivity index (χ0v) is 21.0. The van der Waals surface area contributed by atoms with E-state index in [1.54, 1.807) is 96.3 Å². The number of anilines is 1. The maximum atomic E-state index is 13.6. The first-order valence-electron chi connectivity index (χ1n) is 11.3. The molecule has 186 valence electrons. The van der Waals surface area contributed by atoms with Crippen LogP contribution < -0.4 is 15.4 Å². The molecule has 35 heavy (non-hydrogen) atoms. The number of amides is 3. The first kappa shape index (κ1) is 27.3. The molecule has 0 aliphatic heterocycles. The lowest BCUT2D eigenvalue weighted by atomic mass is 9.99. The molecular weight excluding hydrogens is 446 g/mol. The molecule has 0 fully saturated rings. The summed E-state index contributed by atoms with van der Waals surface area (Å²) >= 11 is 0. The summed E-state index contributed by atoms with van der Waals surface area (Å²) < 4.78 is 10.5. The third kappa shape index (κ3) is 7.78. The molecule has 0 aromatic heterocycles. The highest BCUT2D eigenvalue weighted by Gasteiger charge is 2.37. The Hall–Kier alpha value is -3.99. The number of hydrogen-bond acceptors (Lipinski definition) is 5. The largest absolute Gasteiger partial charge is 0.497 e. The second kappa shape index (κ2) is 11.9. The highest BCUT2D eigenvalue weighted by Crippen LogP contribution is 2.25. The number of nitrogens with zero attached hydrogens (tertiary/aromatic N) is 1. The molecule has 2 unspecified atom stereocenters. The molecule has 0 heterocycles. The molecule has 3 amide bonds. The number of rotatable bonds is 8. The summed E-state index contributed by atoms with van der Waals surface area (Å²) in [6, 6.07) is 15.7. The fourth-order valence-electron chi connectivity index (χ4n) is 3.30. The summed E-state index contributed by atoms with van der Waals surface area (Å²) in [5, 5.41) is 5.41. The minimum absolute atomic E-state index is 0.327. The van der Waals surface area contributed by atoms with Gasteiger partial charge in [0.25, 0.3) is 11.8 Å². The molecule has 0 saturated heterocycles. The van der Waals surface area contributed by atoms with Gasteiger partial charge in [-0.15, -0.1) is 0 Å². The van der Waals surface area contributed by atoms with Gasteiger partial charge in [0, 0.05) is 11.7 Å². The van der Waals surface area contributed by atoms with Crippen molar-refractivity contribution in [2.24, 2.45) is 5.92 Å². The molecule has 2 aromatic carbocycles. The Bertz CT molecular complexity index is 1050. The Kier molecular flexibility index (Phi) is 9.29. The van der Waals surface area contributed by atoms with E-state index in [2.05, 4.69) is 16.7 Å². The van der Waals surface area contributed by atoms with E-state index in [4.69, 9.17) is 15.9 Å². The zero-order valence-electron chi connectivity index (χ0n) is 21.0. The van der Waals surface area contributed by atoms with Crippen LogP contribution in [0.4, 0.5) is 10.5 Å². The van der Waals surface area contributed by atoms with Crippen LogP contribution in [-0.2, 0) is 14.3 Å². The molecule has 0 aliphatic carbocycles. The van der Waals surface area contributed by atoms with Crippen molar-refractivity contribution in [2.45, 2.75) is 52.3 Å². The second-order valence-electron chi connectivity index (χ2n) is 9.24. The summed E-state index contributed by atoms with van der Waals surface area (Å²) in [4.78, 5) is 40.4. The molecule has 2 aromatic rings. The van der Waals surface area contributed by atoms with E-state index in [0.29, 0.717) is 17.0 Å². The van der Waals surface area contributed by atoms with Crippen molar-refractivity contribution in [3.05, 3.63) is 60.2 Å². The Balaban J connectivity index is 2.38. The Morgan fingerprint density at radius 3 is 2.09 bits per heavy atom. The number of methoxy groups -OCH3 is 1. The third-order valence-electron chi connectivity index (χ3n) is 4.96. The van der Waals surface area contributed by atoms with Gasteiger partial charge in [-0.1, -0.05) is 50.6 Å². The Morgan fingerprint density at radius 2 is 1.60 bits per heavy atom. The normalized spacial score (nSPS) is 12.6. The monoisotopic (exact) mass is 479 g/mol. The summed E-state index contributed by atoms with van der Waals surface area (Å²) in [5.74, 6) is -0.803. The highest BCUT2D eigenvalue weighted by atomic mass is 16.6. The first-order chi connectivity index (χ1) is 16.5. The number of hydrogen-bond donors (Lipinski definition) is 2. The van der Waals surface area contributed by atoms with E-state index in [9.17, 15) is 14.4 Å². The molecule has 2 N–H and O–H groups in total. The van der Waals surface area contributed by atoms with Crippen LogP contribution in [0.5, 0.6) is 5.75 Å². The number of benzene rings is 2. The summed E-state index contributed by atoms with van der Waals surface area (Å²) in [5.41, 5.74) is 0.281. The molecule has 0 bridgehead atoms. The van der Waals surface area contributed by atoms with Crippen LogP contribution in [0.2, 0.25) is 0 Å². The van der Waals surface area contributed by atoms with Crippen molar-refractivity contribution in [1.82, 2.24) is 10.2 Å². The van der Waals surface area contributed by atoms with Gasteiger partial charge in [-0.3, -0.25) is 14.5 Å². The van der Waals surface area contributed by atoms with Crippen molar-refractivity contribution >= 4 is 23.6 Å². The predicted octanol–water partition coefficient (Wildman–Crippen LogP) is 4.34. The number of nitrogens with one attached hydrogen (secondary N) is 2. The van der Waals surface area contributed by atoms with Gasteiger partial charge in [-0.05, 0) is 56.5 Å². The Morgan fingerprint density at radius 1 is 1.00 bits per heavy atom. The molecule has 2 atom stereocenters. The van der Waals surface area contributed by atoms with Gasteiger partial charge in [-0.25, -0.2) is 4.79 Å². The van der Waals surface area contributed by atoms with Crippen molar-refractivity contribution in [3.8, 4) is 18.2 Å². The zero-order chi connectivity index (χ0) is 26.2. The molecule has 8 heteroatoms. The SMILES string of the molecule is C#CN(C(=O)C(NC(=O)OC(C)(C)C)C(C)C)C(C(=O)Nc1ccc(OC)cc1)c1ccccc1. The fraction of sp³-hybridized carbons (Fsp3) is 0.370. The molecule has 0 spiro atoms. The standard InChI is InChI=1S/C27H33N3O5/c1-8-30(25(32)22(18(2)3)29-26(33)35-27(4,5)6)23(19-12-10-9-11-13-19)24(31)28-20-14-16-21(34-7)17-15-20/h1,9-18,22-23H,2-7H3,(H,28,31)(H,29,33). The van der Waals surface area contributed by atoms with Crippen molar-refractivity contribution in [3.63, 3.8) is 0 Å². The lowest BCUT2D eigenvalue weighted by Gasteiger charge is -2.31. The van der Waals surface area contributed by atoms with Crippen molar-refractivity contribution in [2.75, 3.05) is 12.4 Å². The summed E-state index contributed by atoms with van der Waals surface area (Å²) in [7, 11) is 1.55. The molecule has 0 radical (unpaired) electrons. The van der Waals surface area contributed by atoms with Gasteiger partial charge in [-0.2, -0.15) is 0 Å². The first-order valence-corrected chi connectivity index (χ1v) is 11.3. The van der Waals surface area contributed by atoms with Crippen LogP contribution in [0.3, 0.4) is 0 Å². The maximum Gasteiger partial charge on any atom is 0.408 e. The molecular formula is C27H33N3O5. The molecule has 2 rings (SSSR count). The van der Waals surface area contributed by atoms with Crippen LogP contribution in [0.1, 0.15) is 46.2 Å². The van der Waals surface area contributed by atoms with Gasteiger partial charge >= 0.3 is 6.09 Å². The number of ether oxygens (including phenoxy) is 2. The number of alkyl carbamates (subject to hydrolysis) is 1. The van der Waals surface area contributed by atoms with E-state index in [0.717, 1.165) is 4.90 Å². The van der Waals surface area contributed by atoms with E-state index in [1.165, 1.54) is 0 Å². The van der Waals surface area contributed by atoms with Crippen molar-refractivity contribution < 1.29 is 23.9 Å².